The molecule has 32 heavy (non-hydrogen) atoms. The molecule has 0 spiro atoms. The number of carbonyl (C=O) groups is 2. The van der Waals surface area contributed by atoms with Crippen molar-refractivity contribution in [1.29, 1.82) is 0 Å². The molecule has 1 fully saturated rings. The van der Waals surface area contributed by atoms with Crippen LogP contribution in [0.5, 0.6) is 17.2 Å². The first-order valence-corrected chi connectivity index (χ1v) is 11.0. The van der Waals surface area contributed by atoms with Gasteiger partial charge in [0.1, 0.15) is 0 Å². The van der Waals surface area contributed by atoms with Crippen molar-refractivity contribution < 1.29 is 23.8 Å². The molecule has 0 radical (unpaired) electrons. The van der Waals surface area contributed by atoms with Crippen molar-refractivity contribution in [3.63, 3.8) is 0 Å². The number of ether oxygens (including phenoxy) is 3. The number of nitrogens with two attached hydrogens (primary N) is 1. The molecule has 0 saturated carbocycles. The summed E-state index contributed by atoms with van der Waals surface area (Å²) in [5, 5.41) is 2.95. The van der Waals surface area contributed by atoms with Gasteiger partial charge in [0, 0.05) is 24.2 Å². The van der Waals surface area contributed by atoms with Gasteiger partial charge in [0.2, 0.25) is 11.7 Å². The fourth-order valence-electron chi connectivity index (χ4n) is 3.74. The van der Waals surface area contributed by atoms with Gasteiger partial charge in [-0.2, -0.15) is 0 Å². The molecule has 8 nitrogen and oxygen atoms in total. The minimum atomic E-state index is -0.549. The Hall–Kier alpha value is -3.42. The summed E-state index contributed by atoms with van der Waals surface area (Å²) in [4.78, 5) is 27.2. The summed E-state index contributed by atoms with van der Waals surface area (Å²) in [6.07, 6.45) is 2.17. The largest absolute Gasteiger partial charge is 0.490 e. The predicted octanol–water partition coefficient (Wildman–Crippen LogP) is 3.83. The fraction of sp³-hybridized carbons (Fsp3) is 0.417. The number of amides is 2. The Labute approximate surface area is 188 Å². The highest BCUT2D eigenvalue weighted by Crippen LogP contribution is 2.39. The summed E-state index contributed by atoms with van der Waals surface area (Å²) in [6, 6.07) is 8.41. The predicted molar refractivity (Wildman–Crippen MR) is 124 cm³/mol. The van der Waals surface area contributed by atoms with Crippen molar-refractivity contribution in [2.24, 2.45) is 5.73 Å². The minimum absolute atomic E-state index is 0.333. The van der Waals surface area contributed by atoms with E-state index in [4.69, 9.17) is 19.9 Å². The second-order valence-electron chi connectivity index (χ2n) is 7.35. The highest BCUT2D eigenvalue weighted by Gasteiger charge is 2.22. The monoisotopic (exact) mass is 441 g/mol. The lowest BCUT2D eigenvalue weighted by molar-refractivity contribution is 0.0996. The van der Waals surface area contributed by atoms with E-state index in [1.165, 1.54) is 0 Å². The van der Waals surface area contributed by atoms with Gasteiger partial charge < -0.3 is 30.2 Å². The lowest BCUT2D eigenvalue weighted by Crippen LogP contribution is -2.22. The molecule has 1 aliphatic heterocycles. The molecule has 0 bridgehead atoms. The third-order valence-corrected chi connectivity index (χ3v) is 5.15. The molecular formula is C24H31N3O5. The highest BCUT2D eigenvalue weighted by atomic mass is 16.5. The summed E-state index contributed by atoms with van der Waals surface area (Å²) < 4.78 is 17.2. The van der Waals surface area contributed by atoms with Crippen LogP contribution in [-0.4, -0.2) is 44.7 Å². The second kappa shape index (κ2) is 10.7. The Bertz CT molecular complexity index is 943. The SMILES string of the molecule is CCOc1cc(C(=O)Nc2cc(C(N)=O)ccc2N2CCCC2)cc(OCC)c1OCC. The molecule has 2 aromatic rings. The normalized spacial score (nSPS) is 13.0. The smallest absolute Gasteiger partial charge is 0.255 e. The van der Waals surface area contributed by atoms with Crippen molar-refractivity contribution in [3.05, 3.63) is 41.5 Å². The first kappa shape index (κ1) is 23.2. The van der Waals surface area contributed by atoms with Crippen LogP contribution in [0, 0.1) is 0 Å². The van der Waals surface area contributed by atoms with Crippen molar-refractivity contribution >= 4 is 23.2 Å². The van der Waals surface area contributed by atoms with Crippen LogP contribution in [0.4, 0.5) is 11.4 Å². The molecule has 1 saturated heterocycles. The van der Waals surface area contributed by atoms with E-state index in [0.29, 0.717) is 53.9 Å². The average Bonchev–Trinajstić information content (AvgIpc) is 3.30. The third kappa shape index (κ3) is 5.25. The molecule has 1 heterocycles. The Kier molecular flexibility index (Phi) is 7.81. The molecule has 0 unspecified atom stereocenters. The van der Waals surface area contributed by atoms with E-state index in [9.17, 15) is 9.59 Å². The number of hydrogen-bond donors (Lipinski definition) is 2. The summed E-state index contributed by atoms with van der Waals surface area (Å²) in [5.41, 5.74) is 7.56. The standard InChI is InChI=1S/C24H31N3O5/c1-4-30-20-14-17(15-21(31-5-2)22(20)32-6-3)24(29)26-18-13-16(23(25)28)9-10-19(18)27-11-7-8-12-27/h9-10,13-15H,4-8,11-12H2,1-3H3,(H2,25,28)(H,26,29). The first-order valence-electron chi connectivity index (χ1n) is 11.0. The van der Waals surface area contributed by atoms with Crippen LogP contribution >= 0.6 is 0 Å². The second-order valence-corrected chi connectivity index (χ2v) is 7.35. The molecule has 0 aromatic heterocycles. The van der Waals surface area contributed by atoms with E-state index in [0.717, 1.165) is 31.6 Å². The maximum atomic E-state index is 13.2. The average molecular weight is 442 g/mol. The topological polar surface area (TPSA) is 103 Å². The lowest BCUT2D eigenvalue weighted by atomic mass is 10.1. The molecule has 3 rings (SSSR count). The maximum Gasteiger partial charge on any atom is 0.255 e. The Balaban J connectivity index is 1.98. The number of carbonyl (C=O) groups excluding carboxylic acids is 2. The van der Waals surface area contributed by atoms with Gasteiger partial charge in [-0.05, 0) is 63.9 Å². The zero-order valence-corrected chi connectivity index (χ0v) is 18.9. The first-order chi connectivity index (χ1) is 15.5. The summed E-state index contributed by atoms with van der Waals surface area (Å²) in [7, 11) is 0. The Morgan fingerprint density at radius 1 is 0.906 bits per heavy atom. The Morgan fingerprint density at radius 2 is 1.50 bits per heavy atom. The minimum Gasteiger partial charge on any atom is -0.490 e. The number of rotatable bonds is 10. The van der Waals surface area contributed by atoms with Crippen LogP contribution in [-0.2, 0) is 0 Å². The summed E-state index contributed by atoms with van der Waals surface area (Å²) in [5.74, 6) is 0.456. The van der Waals surface area contributed by atoms with Crippen molar-refractivity contribution in [1.82, 2.24) is 0 Å². The zero-order valence-electron chi connectivity index (χ0n) is 18.9. The molecule has 2 amide bonds. The molecule has 1 aliphatic rings. The van der Waals surface area contributed by atoms with E-state index in [2.05, 4.69) is 10.2 Å². The van der Waals surface area contributed by atoms with Gasteiger partial charge in [-0.25, -0.2) is 0 Å². The van der Waals surface area contributed by atoms with E-state index in [1.807, 2.05) is 26.8 Å². The van der Waals surface area contributed by atoms with Crippen LogP contribution in [0.2, 0.25) is 0 Å². The maximum absolute atomic E-state index is 13.2. The quantitative estimate of drug-likeness (QED) is 0.581. The van der Waals surface area contributed by atoms with Crippen molar-refractivity contribution in [2.45, 2.75) is 33.6 Å². The van der Waals surface area contributed by atoms with Crippen LogP contribution in [0.3, 0.4) is 0 Å². The molecule has 172 valence electrons. The number of benzene rings is 2. The summed E-state index contributed by atoms with van der Waals surface area (Å²) in [6.45, 7) is 8.64. The van der Waals surface area contributed by atoms with Crippen molar-refractivity contribution in [3.8, 4) is 17.2 Å². The van der Waals surface area contributed by atoms with Crippen LogP contribution in [0.15, 0.2) is 30.3 Å². The van der Waals surface area contributed by atoms with Gasteiger partial charge in [-0.3, -0.25) is 9.59 Å². The molecule has 8 heteroatoms. The van der Waals surface area contributed by atoms with Gasteiger partial charge in [0.05, 0.1) is 31.2 Å². The van der Waals surface area contributed by atoms with E-state index in [-0.39, 0.29) is 5.91 Å². The van der Waals surface area contributed by atoms with Gasteiger partial charge in [0.25, 0.3) is 5.91 Å². The number of anilines is 2. The molecular weight excluding hydrogens is 410 g/mol. The van der Waals surface area contributed by atoms with Crippen LogP contribution in [0.1, 0.15) is 54.3 Å². The highest BCUT2D eigenvalue weighted by molar-refractivity contribution is 6.07. The Morgan fingerprint density at radius 3 is 2.03 bits per heavy atom. The molecule has 0 aliphatic carbocycles. The van der Waals surface area contributed by atoms with Crippen LogP contribution < -0.4 is 30.2 Å². The number of nitrogens with zero attached hydrogens (tertiary/aromatic N) is 1. The van der Waals surface area contributed by atoms with Gasteiger partial charge >= 0.3 is 0 Å². The number of hydrogen-bond acceptors (Lipinski definition) is 6. The molecule has 2 aromatic carbocycles. The number of nitrogens with one attached hydrogen (secondary N) is 1. The van der Waals surface area contributed by atoms with E-state index < -0.39 is 5.91 Å². The third-order valence-electron chi connectivity index (χ3n) is 5.15. The van der Waals surface area contributed by atoms with Gasteiger partial charge in [-0.1, -0.05) is 0 Å². The number of primary amides is 1. The van der Waals surface area contributed by atoms with Gasteiger partial charge in [-0.15, -0.1) is 0 Å². The molecule has 0 atom stereocenters. The zero-order chi connectivity index (χ0) is 23.1. The van der Waals surface area contributed by atoms with Crippen molar-refractivity contribution in [2.75, 3.05) is 43.1 Å². The van der Waals surface area contributed by atoms with E-state index in [1.54, 1.807) is 24.3 Å². The lowest BCUT2D eigenvalue weighted by Gasteiger charge is -2.22. The van der Waals surface area contributed by atoms with E-state index >= 15 is 0 Å². The summed E-state index contributed by atoms with van der Waals surface area (Å²) >= 11 is 0. The van der Waals surface area contributed by atoms with Crippen LogP contribution in [0.25, 0.3) is 0 Å². The molecule has 3 N–H and O–H groups in total. The van der Waals surface area contributed by atoms with Gasteiger partial charge in [0.15, 0.2) is 11.5 Å². The fourth-order valence-corrected chi connectivity index (χ4v) is 3.74.